The fourth-order valence-corrected chi connectivity index (χ4v) is 6.43. The van der Waals surface area contributed by atoms with Crippen LogP contribution in [0.1, 0.15) is 0 Å². The molecule has 226 valence electrons. The molecule has 2 nitrogen and oxygen atoms in total. The Labute approximate surface area is 281 Å². The third-order valence-electron chi connectivity index (χ3n) is 8.76. The van der Waals surface area contributed by atoms with Crippen LogP contribution in [-0.2, 0) is 0 Å². The molecule has 0 unspecified atom stereocenters. The average molecular weight is 613 g/mol. The van der Waals surface area contributed by atoms with E-state index in [1.807, 2.05) is 12.1 Å². The second-order valence-corrected chi connectivity index (χ2v) is 11.7. The summed E-state index contributed by atoms with van der Waals surface area (Å²) >= 11 is 0. The lowest BCUT2D eigenvalue weighted by Crippen LogP contribution is -2.00. The molecule has 0 amide bonds. The SMILES string of the molecule is c1ccc(-c2ccc(-c3ccccc3-c3ccccc3)c(-c3nc(-c4ccccc4)ccc3-c3ccccc3-c3ccccc3)n2)cc1. The third-order valence-corrected chi connectivity index (χ3v) is 8.76. The van der Waals surface area contributed by atoms with Gasteiger partial charge in [-0.15, -0.1) is 0 Å². The van der Waals surface area contributed by atoms with Gasteiger partial charge in [-0.25, -0.2) is 9.97 Å². The molecule has 0 N–H and O–H groups in total. The summed E-state index contributed by atoms with van der Waals surface area (Å²) in [5.41, 5.74) is 14.5. The van der Waals surface area contributed by atoms with Gasteiger partial charge in [0.15, 0.2) is 0 Å². The van der Waals surface area contributed by atoms with Crippen molar-refractivity contribution in [1.82, 2.24) is 9.97 Å². The number of hydrogen-bond donors (Lipinski definition) is 0. The smallest absolute Gasteiger partial charge is 0.0978 e. The molecule has 6 aromatic carbocycles. The molecular weight excluding hydrogens is 581 g/mol. The first-order valence-electron chi connectivity index (χ1n) is 16.3. The van der Waals surface area contributed by atoms with E-state index < -0.39 is 0 Å². The molecule has 2 heteroatoms. The Balaban J connectivity index is 1.44. The van der Waals surface area contributed by atoms with Crippen molar-refractivity contribution in [2.75, 3.05) is 0 Å². The van der Waals surface area contributed by atoms with Crippen LogP contribution in [-0.4, -0.2) is 9.97 Å². The van der Waals surface area contributed by atoms with E-state index in [1.165, 1.54) is 0 Å². The Morgan fingerprint density at radius 3 is 0.854 bits per heavy atom. The zero-order valence-corrected chi connectivity index (χ0v) is 26.4. The van der Waals surface area contributed by atoms with Crippen LogP contribution in [0.2, 0.25) is 0 Å². The van der Waals surface area contributed by atoms with E-state index in [-0.39, 0.29) is 0 Å². The van der Waals surface area contributed by atoms with Gasteiger partial charge in [-0.1, -0.05) is 170 Å². The van der Waals surface area contributed by atoms with Crippen LogP contribution < -0.4 is 0 Å². The van der Waals surface area contributed by atoms with Crippen molar-refractivity contribution in [1.29, 1.82) is 0 Å². The Morgan fingerprint density at radius 1 is 0.208 bits per heavy atom. The second kappa shape index (κ2) is 13.2. The van der Waals surface area contributed by atoms with Crippen LogP contribution in [0.4, 0.5) is 0 Å². The van der Waals surface area contributed by atoms with Crippen molar-refractivity contribution in [2.24, 2.45) is 0 Å². The minimum Gasteiger partial charge on any atom is -0.245 e. The van der Waals surface area contributed by atoms with Crippen molar-refractivity contribution in [3.63, 3.8) is 0 Å². The number of pyridine rings is 2. The van der Waals surface area contributed by atoms with Gasteiger partial charge in [0.25, 0.3) is 0 Å². The quantitative estimate of drug-likeness (QED) is 0.179. The Hall–Kier alpha value is -6.38. The molecule has 8 rings (SSSR count). The third kappa shape index (κ3) is 5.72. The molecular formula is C46H32N2. The molecule has 0 fully saturated rings. The van der Waals surface area contributed by atoms with Crippen LogP contribution >= 0.6 is 0 Å². The van der Waals surface area contributed by atoms with Gasteiger partial charge in [-0.05, 0) is 57.6 Å². The van der Waals surface area contributed by atoms with Gasteiger partial charge in [0.2, 0.25) is 0 Å². The number of nitrogens with zero attached hydrogens (tertiary/aromatic N) is 2. The second-order valence-electron chi connectivity index (χ2n) is 11.7. The van der Waals surface area contributed by atoms with Gasteiger partial charge in [-0.3, -0.25) is 0 Å². The van der Waals surface area contributed by atoms with E-state index in [4.69, 9.17) is 9.97 Å². The number of hydrogen-bond acceptors (Lipinski definition) is 2. The summed E-state index contributed by atoms with van der Waals surface area (Å²) in [6.45, 7) is 0. The first-order valence-corrected chi connectivity index (χ1v) is 16.3. The van der Waals surface area contributed by atoms with E-state index in [0.29, 0.717) is 0 Å². The van der Waals surface area contributed by atoms with E-state index >= 15 is 0 Å². The van der Waals surface area contributed by atoms with E-state index in [2.05, 4.69) is 182 Å². The lowest BCUT2D eigenvalue weighted by molar-refractivity contribution is 1.25. The fraction of sp³-hybridized carbons (Fsp3) is 0. The summed E-state index contributed by atoms with van der Waals surface area (Å²) in [4.78, 5) is 11.0. The Kier molecular flexibility index (Phi) is 7.96. The molecule has 0 atom stereocenters. The summed E-state index contributed by atoms with van der Waals surface area (Å²) in [5, 5.41) is 0. The largest absolute Gasteiger partial charge is 0.245 e. The van der Waals surface area contributed by atoms with Gasteiger partial charge < -0.3 is 0 Å². The molecule has 0 aliphatic heterocycles. The predicted molar refractivity (Wildman–Crippen MR) is 200 cm³/mol. The standard InChI is InChI=1S/C46H32N2/c1-5-17-33(18-6-1)37-25-13-15-27-39(37)41-29-31-43(35-21-9-3-10-22-35)47-45(41)46-42(30-32-44(48-46)36-23-11-4-12-24-36)40-28-16-14-26-38(40)34-19-7-2-8-20-34/h1-32H. The number of aromatic nitrogens is 2. The van der Waals surface area contributed by atoms with Gasteiger partial charge in [0.05, 0.1) is 22.8 Å². The highest BCUT2D eigenvalue weighted by Crippen LogP contribution is 2.43. The minimum atomic E-state index is 0.843. The predicted octanol–water partition coefficient (Wildman–Crippen LogP) is 12.1. The highest BCUT2D eigenvalue weighted by atomic mass is 14.8. The molecule has 0 aliphatic carbocycles. The molecule has 0 radical (unpaired) electrons. The summed E-state index contributed by atoms with van der Waals surface area (Å²) in [7, 11) is 0. The van der Waals surface area contributed by atoms with Gasteiger partial charge in [-0.2, -0.15) is 0 Å². The van der Waals surface area contributed by atoms with Crippen molar-refractivity contribution in [3.8, 4) is 78.4 Å². The molecule has 2 heterocycles. The molecule has 0 aliphatic rings. The Morgan fingerprint density at radius 2 is 0.500 bits per heavy atom. The van der Waals surface area contributed by atoms with E-state index in [0.717, 1.165) is 78.4 Å². The lowest BCUT2D eigenvalue weighted by atomic mass is 9.89. The topological polar surface area (TPSA) is 25.8 Å². The molecule has 8 aromatic rings. The van der Waals surface area contributed by atoms with Crippen molar-refractivity contribution in [2.45, 2.75) is 0 Å². The first kappa shape index (κ1) is 29.1. The Bertz CT molecular complexity index is 2150. The summed E-state index contributed by atoms with van der Waals surface area (Å²) in [6.07, 6.45) is 0. The van der Waals surface area contributed by atoms with Crippen molar-refractivity contribution in [3.05, 3.63) is 194 Å². The number of benzene rings is 6. The van der Waals surface area contributed by atoms with Gasteiger partial charge in [0, 0.05) is 22.3 Å². The fourth-order valence-electron chi connectivity index (χ4n) is 6.43. The van der Waals surface area contributed by atoms with Crippen LogP contribution in [0.25, 0.3) is 78.4 Å². The normalized spacial score (nSPS) is 10.9. The average Bonchev–Trinajstić information content (AvgIpc) is 3.19. The highest BCUT2D eigenvalue weighted by molar-refractivity contribution is 5.97. The summed E-state index contributed by atoms with van der Waals surface area (Å²) < 4.78 is 0. The maximum absolute atomic E-state index is 5.49. The summed E-state index contributed by atoms with van der Waals surface area (Å²) in [6, 6.07) is 67.8. The molecule has 0 saturated heterocycles. The van der Waals surface area contributed by atoms with Gasteiger partial charge >= 0.3 is 0 Å². The van der Waals surface area contributed by atoms with Gasteiger partial charge in [0.1, 0.15) is 0 Å². The number of rotatable bonds is 7. The molecule has 48 heavy (non-hydrogen) atoms. The van der Waals surface area contributed by atoms with Crippen LogP contribution in [0, 0.1) is 0 Å². The maximum Gasteiger partial charge on any atom is 0.0978 e. The molecule has 0 saturated carbocycles. The van der Waals surface area contributed by atoms with Crippen LogP contribution in [0.15, 0.2) is 194 Å². The van der Waals surface area contributed by atoms with Crippen molar-refractivity contribution < 1.29 is 0 Å². The first-order chi connectivity index (χ1) is 23.8. The molecule has 0 bridgehead atoms. The summed E-state index contributed by atoms with van der Waals surface area (Å²) in [5.74, 6) is 0. The van der Waals surface area contributed by atoms with Crippen molar-refractivity contribution >= 4 is 0 Å². The van der Waals surface area contributed by atoms with E-state index in [9.17, 15) is 0 Å². The van der Waals surface area contributed by atoms with Crippen LogP contribution in [0.5, 0.6) is 0 Å². The highest BCUT2D eigenvalue weighted by Gasteiger charge is 2.22. The van der Waals surface area contributed by atoms with E-state index in [1.54, 1.807) is 0 Å². The zero-order chi connectivity index (χ0) is 32.1. The zero-order valence-electron chi connectivity index (χ0n) is 26.4. The van der Waals surface area contributed by atoms with Crippen LogP contribution in [0.3, 0.4) is 0 Å². The molecule has 0 spiro atoms. The minimum absolute atomic E-state index is 0.843. The monoisotopic (exact) mass is 612 g/mol. The lowest BCUT2D eigenvalue weighted by Gasteiger charge is -2.19. The molecule has 2 aromatic heterocycles. The maximum atomic E-state index is 5.49.